The van der Waals surface area contributed by atoms with Crippen LogP contribution >= 0.6 is 23.3 Å². The van der Waals surface area contributed by atoms with Gasteiger partial charge in [0.1, 0.15) is 5.56 Å². The average molecular weight is 189 g/mol. The molecular formula is C6H7NO2S2. The first-order chi connectivity index (χ1) is 5.16. The summed E-state index contributed by atoms with van der Waals surface area (Å²) in [6.07, 6.45) is 1.85. The second kappa shape index (κ2) is 3.23. The number of carbonyl (C=O) groups is 1. The lowest BCUT2D eigenvalue weighted by atomic mass is 10.3. The lowest BCUT2D eigenvalue weighted by molar-refractivity contribution is 0.0693. The van der Waals surface area contributed by atoms with Crippen molar-refractivity contribution in [2.75, 3.05) is 6.26 Å². The van der Waals surface area contributed by atoms with Crippen LogP contribution in [0.25, 0.3) is 0 Å². The van der Waals surface area contributed by atoms with Crippen molar-refractivity contribution in [3.8, 4) is 0 Å². The molecule has 3 nitrogen and oxygen atoms in total. The minimum atomic E-state index is -0.888. The minimum Gasteiger partial charge on any atom is -0.478 e. The molecule has 1 aromatic heterocycles. The molecule has 0 aromatic carbocycles. The predicted molar refractivity (Wildman–Crippen MR) is 45.6 cm³/mol. The lowest BCUT2D eigenvalue weighted by Gasteiger charge is -1.92. The Bertz CT molecular complexity index is 282. The standard InChI is InChI=1S/C6H7NO2S2/c1-3-4(5(8)9)6(10-2)11-7-3/h1-2H3,(H,8,9). The van der Waals surface area contributed by atoms with Crippen LogP contribution in [0.5, 0.6) is 0 Å². The monoisotopic (exact) mass is 189 g/mol. The molecule has 60 valence electrons. The van der Waals surface area contributed by atoms with Crippen LogP contribution in [0.2, 0.25) is 0 Å². The van der Waals surface area contributed by atoms with Crippen molar-refractivity contribution in [3.05, 3.63) is 11.3 Å². The van der Waals surface area contributed by atoms with Crippen molar-refractivity contribution in [1.82, 2.24) is 4.37 Å². The number of carboxylic acid groups (broad SMARTS) is 1. The molecule has 0 aliphatic carbocycles. The van der Waals surface area contributed by atoms with Crippen LogP contribution in [-0.2, 0) is 0 Å². The SMILES string of the molecule is CSc1snc(C)c1C(=O)O. The first kappa shape index (κ1) is 8.55. The van der Waals surface area contributed by atoms with Gasteiger partial charge in [0, 0.05) is 0 Å². The van der Waals surface area contributed by atoms with Crippen LogP contribution in [0, 0.1) is 6.92 Å². The average Bonchev–Trinajstić information content (AvgIpc) is 2.30. The summed E-state index contributed by atoms with van der Waals surface area (Å²) in [6, 6.07) is 0. The molecule has 0 amide bonds. The number of thioether (sulfide) groups is 1. The van der Waals surface area contributed by atoms with Gasteiger partial charge in [-0.15, -0.1) is 11.8 Å². The van der Waals surface area contributed by atoms with E-state index in [0.717, 1.165) is 4.21 Å². The van der Waals surface area contributed by atoms with Crippen molar-refractivity contribution in [2.45, 2.75) is 11.1 Å². The van der Waals surface area contributed by atoms with E-state index >= 15 is 0 Å². The number of carboxylic acids is 1. The molecule has 1 N–H and O–H groups in total. The van der Waals surface area contributed by atoms with Gasteiger partial charge >= 0.3 is 5.97 Å². The third-order valence-electron chi connectivity index (χ3n) is 1.23. The molecule has 0 radical (unpaired) electrons. The number of aromatic nitrogens is 1. The molecule has 0 atom stereocenters. The number of hydrogen-bond acceptors (Lipinski definition) is 4. The molecule has 0 saturated carbocycles. The maximum Gasteiger partial charge on any atom is 0.339 e. The number of aryl methyl sites for hydroxylation is 1. The van der Waals surface area contributed by atoms with E-state index in [1.165, 1.54) is 23.3 Å². The summed E-state index contributed by atoms with van der Waals surface area (Å²) < 4.78 is 4.72. The lowest BCUT2D eigenvalue weighted by Crippen LogP contribution is -1.97. The molecule has 0 saturated heterocycles. The Morgan fingerprint density at radius 1 is 1.73 bits per heavy atom. The zero-order valence-corrected chi connectivity index (χ0v) is 7.75. The fraction of sp³-hybridized carbons (Fsp3) is 0.333. The van der Waals surface area contributed by atoms with E-state index < -0.39 is 5.97 Å². The summed E-state index contributed by atoms with van der Waals surface area (Å²) in [5.74, 6) is -0.888. The Labute approximate surface area is 72.6 Å². The van der Waals surface area contributed by atoms with E-state index in [0.29, 0.717) is 11.3 Å². The summed E-state index contributed by atoms with van der Waals surface area (Å²) in [5, 5.41) is 8.72. The van der Waals surface area contributed by atoms with Gasteiger partial charge in [0.25, 0.3) is 0 Å². The fourth-order valence-electron chi connectivity index (χ4n) is 0.730. The molecule has 0 fully saturated rings. The molecule has 0 bridgehead atoms. The first-order valence-electron chi connectivity index (χ1n) is 2.90. The van der Waals surface area contributed by atoms with E-state index in [2.05, 4.69) is 4.37 Å². The quantitative estimate of drug-likeness (QED) is 0.721. The van der Waals surface area contributed by atoms with Gasteiger partial charge < -0.3 is 5.11 Å². The summed E-state index contributed by atoms with van der Waals surface area (Å²) in [6.45, 7) is 1.71. The van der Waals surface area contributed by atoms with Gasteiger partial charge in [-0.3, -0.25) is 0 Å². The molecule has 5 heteroatoms. The zero-order chi connectivity index (χ0) is 8.43. The van der Waals surface area contributed by atoms with Crippen LogP contribution in [0.15, 0.2) is 4.21 Å². The normalized spacial score (nSPS) is 10.0. The molecule has 1 heterocycles. The Morgan fingerprint density at radius 3 is 2.73 bits per heavy atom. The van der Waals surface area contributed by atoms with Crippen LogP contribution in [0.3, 0.4) is 0 Å². The van der Waals surface area contributed by atoms with Gasteiger partial charge in [-0.25, -0.2) is 4.79 Å². The van der Waals surface area contributed by atoms with Crippen LogP contribution in [0.4, 0.5) is 0 Å². The van der Waals surface area contributed by atoms with Crippen molar-refractivity contribution >= 4 is 29.3 Å². The van der Waals surface area contributed by atoms with E-state index in [9.17, 15) is 4.79 Å². The summed E-state index contributed by atoms with van der Waals surface area (Å²) >= 11 is 2.66. The second-order valence-corrected chi connectivity index (χ2v) is 3.79. The van der Waals surface area contributed by atoms with Crippen molar-refractivity contribution < 1.29 is 9.90 Å². The van der Waals surface area contributed by atoms with Crippen molar-refractivity contribution in [1.29, 1.82) is 0 Å². The van der Waals surface area contributed by atoms with Crippen molar-refractivity contribution in [2.24, 2.45) is 0 Å². The van der Waals surface area contributed by atoms with Gasteiger partial charge in [-0.2, -0.15) is 4.37 Å². The molecule has 0 aliphatic rings. The highest BCUT2D eigenvalue weighted by atomic mass is 32.2. The van der Waals surface area contributed by atoms with E-state index in [-0.39, 0.29) is 0 Å². The largest absolute Gasteiger partial charge is 0.478 e. The Balaban J connectivity index is 3.17. The highest BCUT2D eigenvalue weighted by molar-refractivity contribution is 8.00. The molecule has 11 heavy (non-hydrogen) atoms. The Morgan fingerprint density at radius 2 is 2.36 bits per heavy atom. The fourth-order valence-corrected chi connectivity index (χ4v) is 2.22. The van der Waals surface area contributed by atoms with Gasteiger partial charge in [0.2, 0.25) is 0 Å². The topological polar surface area (TPSA) is 50.2 Å². The predicted octanol–water partition coefficient (Wildman–Crippen LogP) is 1.87. The first-order valence-corrected chi connectivity index (χ1v) is 4.90. The van der Waals surface area contributed by atoms with Gasteiger partial charge in [0.05, 0.1) is 9.90 Å². The van der Waals surface area contributed by atoms with E-state index in [4.69, 9.17) is 5.11 Å². The van der Waals surface area contributed by atoms with Gasteiger partial charge in [0.15, 0.2) is 0 Å². The van der Waals surface area contributed by atoms with Crippen LogP contribution in [0.1, 0.15) is 16.1 Å². The van der Waals surface area contributed by atoms with E-state index in [1.807, 2.05) is 6.26 Å². The van der Waals surface area contributed by atoms with Gasteiger partial charge in [-0.05, 0) is 24.7 Å². The second-order valence-electron chi connectivity index (χ2n) is 1.94. The summed E-state index contributed by atoms with van der Waals surface area (Å²) in [4.78, 5) is 10.6. The third-order valence-corrected chi connectivity index (χ3v) is 3.26. The summed E-state index contributed by atoms with van der Waals surface area (Å²) in [7, 11) is 0. The maximum atomic E-state index is 10.6. The molecule has 1 aromatic rings. The number of aromatic carboxylic acids is 1. The highest BCUT2D eigenvalue weighted by Gasteiger charge is 2.15. The number of rotatable bonds is 2. The summed E-state index contributed by atoms with van der Waals surface area (Å²) in [5.41, 5.74) is 0.953. The molecule has 0 spiro atoms. The smallest absolute Gasteiger partial charge is 0.339 e. The minimum absolute atomic E-state index is 0.350. The number of hydrogen-bond donors (Lipinski definition) is 1. The van der Waals surface area contributed by atoms with E-state index in [1.54, 1.807) is 6.92 Å². The van der Waals surface area contributed by atoms with Gasteiger partial charge in [-0.1, -0.05) is 0 Å². The molecule has 1 rings (SSSR count). The Kier molecular flexibility index (Phi) is 2.51. The maximum absolute atomic E-state index is 10.6. The van der Waals surface area contributed by atoms with Crippen LogP contribution < -0.4 is 0 Å². The highest BCUT2D eigenvalue weighted by Crippen LogP contribution is 2.27. The van der Waals surface area contributed by atoms with Crippen LogP contribution in [-0.4, -0.2) is 21.7 Å². The molecule has 0 unspecified atom stereocenters. The number of nitrogens with zero attached hydrogens (tertiary/aromatic N) is 1. The zero-order valence-electron chi connectivity index (χ0n) is 6.12. The third kappa shape index (κ3) is 1.54. The molecular weight excluding hydrogens is 182 g/mol. The Hall–Kier alpha value is -0.550. The van der Waals surface area contributed by atoms with Crippen molar-refractivity contribution in [3.63, 3.8) is 0 Å². The molecule has 0 aliphatic heterocycles.